The summed E-state index contributed by atoms with van der Waals surface area (Å²) in [7, 11) is 3.18. The summed E-state index contributed by atoms with van der Waals surface area (Å²) in [5, 5.41) is 12.6. The third-order valence-electron chi connectivity index (χ3n) is 4.38. The van der Waals surface area contributed by atoms with Gasteiger partial charge in [-0.3, -0.25) is 0 Å². The second kappa shape index (κ2) is 7.61. The fraction of sp³-hybridized carbons (Fsp3) is 0.812. The number of methoxy groups -OCH3 is 2. The van der Waals surface area contributed by atoms with Crippen molar-refractivity contribution in [3.05, 3.63) is 12.2 Å². The van der Waals surface area contributed by atoms with E-state index in [1.165, 1.54) is 0 Å². The highest BCUT2D eigenvalue weighted by atomic mass is 16.7. The maximum Gasteiger partial charge on any atom is 0.407 e. The number of rotatable bonds is 7. The number of hydrogen-bond acceptors (Lipinski definition) is 6. The maximum absolute atomic E-state index is 11.6. The Morgan fingerprint density at radius 2 is 2.26 bits per heavy atom. The van der Waals surface area contributed by atoms with Gasteiger partial charge in [-0.15, -0.1) is 0 Å². The summed E-state index contributed by atoms with van der Waals surface area (Å²) in [5.74, 6) is -0.972. The molecule has 0 aromatic rings. The Bertz CT molecular complexity index is 440. The van der Waals surface area contributed by atoms with Crippen molar-refractivity contribution in [1.29, 1.82) is 0 Å². The lowest BCUT2D eigenvalue weighted by atomic mass is 9.88. The van der Waals surface area contributed by atoms with Crippen LogP contribution in [0.25, 0.3) is 0 Å². The number of aliphatic hydroxyl groups is 1. The van der Waals surface area contributed by atoms with E-state index in [0.29, 0.717) is 19.3 Å². The molecule has 2 aliphatic heterocycles. The van der Waals surface area contributed by atoms with E-state index in [1.54, 1.807) is 21.1 Å². The Labute approximate surface area is 136 Å². The number of carbonyl (C=O) groups excluding carboxylic acids is 1. The molecule has 1 amide bonds. The molecule has 0 bridgehead atoms. The molecule has 6 atom stereocenters. The van der Waals surface area contributed by atoms with Crippen molar-refractivity contribution in [2.75, 3.05) is 14.2 Å². The topological polar surface area (TPSA) is 86.3 Å². The van der Waals surface area contributed by atoms with Crippen LogP contribution in [-0.4, -0.2) is 61.7 Å². The van der Waals surface area contributed by atoms with Gasteiger partial charge in [-0.2, -0.15) is 0 Å². The molecule has 0 saturated carbocycles. The Kier molecular flexibility index (Phi) is 6.02. The predicted octanol–water partition coefficient (Wildman–Crippen LogP) is 1.35. The highest BCUT2D eigenvalue weighted by molar-refractivity contribution is 5.70. The highest BCUT2D eigenvalue weighted by Crippen LogP contribution is 2.38. The van der Waals surface area contributed by atoms with Crippen LogP contribution in [0, 0.1) is 0 Å². The molecule has 2 rings (SSSR count). The van der Waals surface area contributed by atoms with Gasteiger partial charge >= 0.3 is 6.09 Å². The SMILES string of the molecule is C/C=C/C(C[C@@H]1OC(CC(C)O)(OC)C[C@@H]2OC(=O)NC21)OC. The quantitative estimate of drug-likeness (QED) is 0.686. The molecule has 23 heavy (non-hydrogen) atoms. The molecule has 2 saturated heterocycles. The Hall–Kier alpha value is -1.15. The molecule has 2 aliphatic rings. The molecule has 132 valence electrons. The van der Waals surface area contributed by atoms with Crippen LogP contribution in [0.2, 0.25) is 0 Å². The van der Waals surface area contributed by atoms with Crippen molar-refractivity contribution in [1.82, 2.24) is 5.32 Å². The molecule has 0 aliphatic carbocycles. The first-order valence-corrected chi connectivity index (χ1v) is 7.97. The summed E-state index contributed by atoms with van der Waals surface area (Å²) in [6.07, 6.45) is 3.24. The fourth-order valence-corrected chi connectivity index (χ4v) is 3.37. The van der Waals surface area contributed by atoms with E-state index in [1.807, 2.05) is 19.1 Å². The van der Waals surface area contributed by atoms with Crippen LogP contribution in [0.15, 0.2) is 12.2 Å². The predicted molar refractivity (Wildman–Crippen MR) is 82.9 cm³/mol. The minimum atomic E-state index is -0.972. The number of allylic oxidation sites excluding steroid dienone is 1. The monoisotopic (exact) mass is 329 g/mol. The van der Waals surface area contributed by atoms with E-state index in [-0.39, 0.29) is 24.4 Å². The zero-order valence-electron chi connectivity index (χ0n) is 14.2. The van der Waals surface area contributed by atoms with Gasteiger partial charge in [0, 0.05) is 33.5 Å². The van der Waals surface area contributed by atoms with Gasteiger partial charge in [-0.1, -0.05) is 12.2 Å². The van der Waals surface area contributed by atoms with Crippen molar-refractivity contribution in [3.63, 3.8) is 0 Å². The van der Waals surface area contributed by atoms with E-state index in [4.69, 9.17) is 18.9 Å². The number of amides is 1. The minimum absolute atomic E-state index is 0.137. The number of hydrogen-bond donors (Lipinski definition) is 2. The molecule has 7 nitrogen and oxygen atoms in total. The molecule has 2 heterocycles. The largest absolute Gasteiger partial charge is 0.444 e. The van der Waals surface area contributed by atoms with Crippen LogP contribution in [0.4, 0.5) is 4.79 Å². The molecule has 0 spiro atoms. The third kappa shape index (κ3) is 4.23. The Morgan fingerprint density at radius 1 is 1.52 bits per heavy atom. The van der Waals surface area contributed by atoms with Gasteiger partial charge in [-0.05, 0) is 13.8 Å². The third-order valence-corrected chi connectivity index (χ3v) is 4.38. The van der Waals surface area contributed by atoms with Crippen molar-refractivity contribution >= 4 is 6.09 Å². The summed E-state index contributed by atoms with van der Waals surface area (Å²) in [6.45, 7) is 3.60. The molecular weight excluding hydrogens is 302 g/mol. The molecule has 4 unspecified atom stereocenters. The molecule has 0 aromatic carbocycles. The van der Waals surface area contributed by atoms with Gasteiger partial charge in [0.2, 0.25) is 0 Å². The normalized spacial score (nSPS) is 36.4. The zero-order chi connectivity index (χ0) is 17.0. The van der Waals surface area contributed by atoms with Gasteiger partial charge in [0.15, 0.2) is 5.79 Å². The number of fused-ring (bicyclic) bond motifs is 1. The lowest BCUT2D eigenvalue weighted by molar-refractivity contribution is -0.297. The van der Waals surface area contributed by atoms with Crippen molar-refractivity contribution in [3.8, 4) is 0 Å². The minimum Gasteiger partial charge on any atom is -0.444 e. The van der Waals surface area contributed by atoms with Crippen LogP contribution in [-0.2, 0) is 18.9 Å². The molecule has 7 heteroatoms. The lowest BCUT2D eigenvalue weighted by Crippen LogP contribution is -2.58. The number of ether oxygens (including phenoxy) is 4. The first-order chi connectivity index (χ1) is 10.9. The van der Waals surface area contributed by atoms with E-state index >= 15 is 0 Å². The smallest absolute Gasteiger partial charge is 0.407 e. The molecule has 2 N–H and O–H groups in total. The van der Waals surface area contributed by atoms with E-state index in [2.05, 4.69) is 5.32 Å². The average Bonchev–Trinajstić information content (AvgIpc) is 2.86. The van der Waals surface area contributed by atoms with Gasteiger partial charge < -0.3 is 29.4 Å². The van der Waals surface area contributed by atoms with Crippen LogP contribution in [0.5, 0.6) is 0 Å². The molecule has 2 fully saturated rings. The number of aliphatic hydroxyl groups excluding tert-OH is 1. The van der Waals surface area contributed by atoms with Gasteiger partial charge in [0.05, 0.1) is 24.4 Å². The summed E-state index contributed by atoms with van der Waals surface area (Å²) < 4.78 is 22.6. The standard InChI is InChI=1S/C16H27NO6/c1-5-6-11(20-3)7-12-14-13(22-15(19)17-14)9-16(21-4,23-12)8-10(2)18/h5-6,10-14,18H,7-9H2,1-4H3,(H,17,19)/b6-5+/t10?,11?,12-,13-,14?,16?/m0/s1. The highest BCUT2D eigenvalue weighted by Gasteiger charge is 2.53. The maximum atomic E-state index is 11.6. The average molecular weight is 329 g/mol. The molecule has 0 radical (unpaired) electrons. The van der Waals surface area contributed by atoms with Crippen molar-refractivity contribution in [2.45, 2.75) is 69.4 Å². The summed E-state index contributed by atoms with van der Waals surface area (Å²) >= 11 is 0. The summed E-state index contributed by atoms with van der Waals surface area (Å²) in [6, 6.07) is -0.248. The van der Waals surface area contributed by atoms with Crippen molar-refractivity contribution in [2.24, 2.45) is 0 Å². The summed E-state index contributed by atoms with van der Waals surface area (Å²) in [5.41, 5.74) is 0. The second-order valence-electron chi connectivity index (χ2n) is 6.18. The van der Waals surface area contributed by atoms with Crippen LogP contribution < -0.4 is 5.32 Å². The first-order valence-electron chi connectivity index (χ1n) is 7.97. The number of carbonyl (C=O) groups is 1. The van der Waals surface area contributed by atoms with Crippen molar-refractivity contribution < 1.29 is 28.8 Å². The zero-order valence-corrected chi connectivity index (χ0v) is 14.2. The van der Waals surface area contributed by atoms with Gasteiger partial charge in [0.1, 0.15) is 6.10 Å². The van der Waals surface area contributed by atoms with E-state index in [0.717, 1.165) is 0 Å². The van der Waals surface area contributed by atoms with Gasteiger partial charge in [-0.25, -0.2) is 4.79 Å². The second-order valence-corrected chi connectivity index (χ2v) is 6.18. The first kappa shape index (κ1) is 18.2. The number of nitrogens with one attached hydrogen (secondary N) is 1. The fourth-order valence-electron chi connectivity index (χ4n) is 3.37. The van der Waals surface area contributed by atoms with Gasteiger partial charge in [0.25, 0.3) is 0 Å². The molecular formula is C16H27NO6. The van der Waals surface area contributed by atoms with E-state index in [9.17, 15) is 9.90 Å². The Morgan fingerprint density at radius 3 is 2.83 bits per heavy atom. The number of alkyl carbamates (subject to hydrolysis) is 1. The molecule has 0 aromatic heterocycles. The summed E-state index contributed by atoms with van der Waals surface area (Å²) in [4.78, 5) is 11.6. The van der Waals surface area contributed by atoms with Crippen LogP contribution in [0.3, 0.4) is 0 Å². The lowest BCUT2D eigenvalue weighted by Gasteiger charge is -2.45. The Balaban J connectivity index is 2.20. The van der Waals surface area contributed by atoms with E-state index < -0.39 is 18.0 Å². The van der Waals surface area contributed by atoms with Crippen LogP contribution in [0.1, 0.15) is 33.1 Å². The van der Waals surface area contributed by atoms with Crippen LogP contribution >= 0.6 is 0 Å².